The average molecular weight is 347 g/mol. The number of nitrogens with zero attached hydrogens (tertiary/aromatic N) is 1. The quantitative estimate of drug-likeness (QED) is 0.604. The van der Waals surface area contributed by atoms with Crippen molar-refractivity contribution in [3.63, 3.8) is 0 Å². The van der Waals surface area contributed by atoms with Crippen LogP contribution in [0.1, 0.15) is 24.0 Å². The van der Waals surface area contributed by atoms with Crippen LogP contribution in [0.2, 0.25) is 0 Å². The van der Waals surface area contributed by atoms with E-state index >= 15 is 0 Å². The number of hydrogen-bond donors (Lipinski definition) is 0. The van der Waals surface area contributed by atoms with Gasteiger partial charge in [-0.1, -0.05) is 18.2 Å². The highest BCUT2D eigenvalue weighted by Crippen LogP contribution is 2.38. The van der Waals surface area contributed by atoms with Gasteiger partial charge < -0.3 is 4.74 Å². The Morgan fingerprint density at radius 1 is 0.808 bits per heavy atom. The van der Waals surface area contributed by atoms with Crippen molar-refractivity contribution in [1.29, 1.82) is 0 Å². The van der Waals surface area contributed by atoms with Crippen LogP contribution in [0, 0.1) is 25.7 Å². The molecule has 26 heavy (non-hydrogen) atoms. The summed E-state index contributed by atoms with van der Waals surface area (Å²) in [5.41, 5.74) is 2.89. The predicted octanol–water partition coefficient (Wildman–Crippen LogP) is 4.55. The number of amides is 2. The van der Waals surface area contributed by atoms with E-state index in [1.807, 2.05) is 38.1 Å². The Hall–Kier alpha value is -2.88. The standard InChI is InChI=1S/C22H21NO3/c1-14-11-15(2)13-18(12-14)26-17-9-7-16(8-10-17)23-21(24)19-5-3-4-6-20(19)22(23)25/h3-4,7-13,19-20H,5-6H2,1-2H3/t19-,20-/m0/s1. The lowest BCUT2D eigenvalue weighted by molar-refractivity contribution is -0.122. The number of imide groups is 1. The molecule has 1 fully saturated rings. The van der Waals surface area contributed by atoms with E-state index in [2.05, 4.69) is 6.07 Å². The van der Waals surface area contributed by atoms with E-state index in [1.165, 1.54) is 4.90 Å². The van der Waals surface area contributed by atoms with Crippen molar-refractivity contribution in [3.05, 3.63) is 65.7 Å². The van der Waals surface area contributed by atoms with Gasteiger partial charge in [0.1, 0.15) is 11.5 Å². The highest BCUT2D eigenvalue weighted by Gasteiger charge is 2.47. The number of carbonyl (C=O) groups is 2. The first-order valence-electron chi connectivity index (χ1n) is 8.92. The number of benzene rings is 2. The Labute approximate surface area is 153 Å². The van der Waals surface area contributed by atoms with Gasteiger partial charge in [0.15, 0.2) is 0 Å². The van der Waals surface area contributed by atoms with Crippen LogP contribution in [0.3, 0.4) is 0 Å². The molecule has 1 aliphatic heterocycles. The molecular formula is C22H21NO3. The number of carbonyl (C=O) groups excluding carboxylic acids is 2. The zero-order valence-electron chi connectivity index (χ0n) is 14.9. The second kappa shape index (κ2) is 6.45. The summed E-state index contributed by atoms with van der Waals surface area (Å²) in [6.45, 7) is 4.06. The molecule has 2 aromatic carbocycles. The van der Waals surface area contributed by atoms with Crippen molar-refractivity contribution >= 4 is 17.5 Å². The number of aryl methyl sites for hydroxylation is 2. The lowest BCUT2D eigenvalue weighted by Gasteiger charge is -2.15. The molecule has 2 aromatic rings. The van der Waals surface area contributed by atoms with Gasteiger partial charge in [-0.2, -0.15) is 0 Å². The smallest absolute Gasteiger partial charge is 0.238 e. The van der Waals surface area contributed by atoms with E-state index in [1.54, 1.807) is 24.3 Å². The lowest BCUT2D eigenvalue weighted by atomic mass is 9.85. The second-order valence-corrected chi connectivity index (χ2v) is 7.09. The molecule has 2 aliphatic rings. The van der Waals surface area contributed by atoms with Crippen molar-refractivity contribution in [2.45, 2.75) is 26.7 Å². The molecule has 0 spiro atoms. The third-order valence-electron chi connectivity index (χ3n) is 5.03. The Balaban J connectivity index is 1.54. The molecule has 0 N–H and O–H groups in total. The lowest BCUT2D eigenvalue weighted by Crippen LogP contribution is -2.30. The van der Waals surface area contributed by atoms with Crippen molar-refractivity contribution < 1.29 is 14.3 Å². The molecule has 0 bridgehead atoms. The van der Waals surface area contributed by atoms with E-state index in [0.29, 0.717) is 24.3 Å². The van der Waals surface area contributed by atoms with E-state index in [4.69, 9.17) is 4.74 Å². The zero-order chi connectivity index (χ0) is 18.3. The molecule has 0 aromatic heterocycles. The maximum absolute atomic E-state index is 12.6. The van der Waals surface area contributed by atoms with Crippen LogP contribution in [0.25, 0.3) is 0 Å². The van der Waals surface area contributed by atoms with Crippen LogP contribution in [0.5, 0.6) is 11.5 Å². The van der Waals surface area contributed by atoms with Crippen molar-refractivity contribution in [2.75, 3.05) is 4.90 Å². The number of fused-ring (bicyclic) bond motifs is 1. The summed E-state index contributed by atoms with van der Waals surface area (Å²) >= 11 is 0. The fraction of sp³-hybridized carbons (Fsp3) is 0.273. The van der Waals surface area contributed by atoms with Gasteiger partial charge in [0, 0.05) is 0 Å². The zero-order valence-corrected chi connectivity index (χ0v) is 14.9. The molecule has 1 aliphatic carbocycles. The van der Waals surface area contributed by atoms with E-state index < -0.39 is 0 Å². The van der Waals surface area contributed by atoms with E-state index in [9.17, 15) is 9.59 Å². The van der Waals surface area contributed by atoms with Crippen LogP contribution in [-0.4, -0.2) is 11.8 Å². The summed E-state index contributed by atoms with van der Waals surface area (Å²) in [4.78, 5) is 26.6. The van der Waals surface area contributed by atoms with Gasteiger partial charge in [0.2, 0.25) is 11.8 Å². The molecule has 132 valence electrons. The molecule has 4 nitrogen and oxygen atoms in total. The number of ether oxygens (including phenoxy) is 1. The first-order valence-corrected chi connectivity index (χ1v) is 8.92. The van der Waals surface area contributed by atoms with Crippen molar-refractivity contribution in [1.82, 2.24) is 0 Å². The number of hydrogen-bond acceptors (Lipinski definition) is 3. The Morgan fingerprint density at radius 2 is 1.35 bits per heavy atom. The van der Waals surface area contributed by atoms with Crippen LogP contribution in [0.4, 0.5) is 5.69 Å². The second-order valence-electron chi connectivity index (χ2n) is 7.09. The molecule has 0 saturated carbocycles. The van der Waals surface area contributed by atoms with Crippen LogP contribution < -0.4 is 9.64 Å². The summed E-state index contributed by atoms with van der Waals surface area (Å²) in [5, 5.41) is 0. The molecule has 2 atom stereocenters. The first-order chi connectivity index (χ1) is 12.5. The van der Waals surface area contributed by atoms with Crippen LogP contribution in [-0.2, 0) is 9.59 Å². The van der Waals surface area contributed by atoms with Gasteiger partial charge in [-0.3, -0.25) is 14.5 Å². The number of rotatable bonds is 3. The average Bonchev–Trinajstić information content (AvgIpc) is 2.86. The minimum atomic E-state index is -0.210. The van der Waals surface area contributed by atoms with Crippen LogP contribution >= 0.6 is 0 Å². The Kier molecular flexibility index (Phi) is 4.11. The summed E-state index contributed by atoms with van der Waals surface area (Å²) in [7, 11) is 0. The summed E-state index contributed by atoms with van der Waals surface area (Å²) in [6.07, 6.45) is 5.30. The topological polar surface area (TPSA) is 46.6 Å². The largest absolute Gasteiger partial charge is 0.457 e. The Bertz CT molecular complexity index is 852. The SMILES string of the molecule is Cc1cc(C)cc(Oc2ccc(N3C(=O)[C@H]4CC=CC[C@@H]4C3=O)cc2)c1. The van der Waals surface area contributed by atoms with Gasteiger partial charge in [0.05, 0.1) is 17.5 Å². The first kappa shape index (κ1) is 16.6. The van der Waals surface area contributed by atoms with Gasteiger partial charge in [-0.05, 0) is 74.2 Å². The number of allylic oxidation sites excluding steroid dienone is 2. The molecule has 0 radical (unpaired) electrons. The molecular weight excluding hydrogens is 326 g/mol. The van der Waals surface area contributed by atoms with Gasteiger partial charge in [0.25, 0.3) is 0 Å². The minimum Gasteiger partial charge on any atom is -0.457 e. The molecule has 4 heteroatoms. The summed E-state index contributed by atoms with van der Waals surface area (Å²) in [5.74, 6) is 0.856. The Morgan fingerprint density at radius 3 is 1.88 bits per heavy atom. The highest BCUT2D eigenvalue weighted by atomic mass is 16.5. The van der Waals surface area contributed by atoms with Gasteiger partial charge in [-0.25, -0.2) is 0 Å². The minimum absolute atomic E-state index is 0.0904. The van der Waals surface area contributed by atoms with E-state index in [-0.39, 0.29) is 23.7 Å². The fourth-order valence-corrected chi connectivity index (χ4v) is 3.85. The molecule has 1 saturated heterocycles. The number of anilines is 1. The van der Waals surface area contributed by atoms with Gasteiger partial charge >= 0.3 is 0 Å². The summed E-state index contributed by atoms with van der Waals surface area (Å²) in [6, 6.07) is 13.2. The monoisotopic (exact) mass is 347 g/mol. The molecule has 0 unspecified atom stereocenters. The molecule has 4 rings (SSSR count). The normalized spacial score (nSPS) is 21.8. The van der Waals surface area contributed by atoms with Crippen LogP contribution in [0.15, 0.2) is 54.6 Å². The van der Waals surface area contributed by atoms with E-state index in [0.717, 1.165) is 16.9 Å². The van der Waals surface area contributed by atoms with Gasteiger partial charge in [-0.15, -0.1) is 0 Å². The third kappa shape index (κ3) is 2.92. The maximum Gasteiger partial charge on any atom is 0.238 e. The maximum atomic E-state index is 12.6. The summed E-state index contributed by atoms with van der Waals surface area (Å²) < 4.78 is 5.91. The predicted molar refractivity (Wildman–Crippen MR) is 100 cm³/mol. The van der Waals surface area contributed by atoms with Crippen molar-refractivity contribution in [3.8, 4) is 11.5 Å². The van der Waals surface area contributed by atoms with Crippen molar-refractivity contribution in [2.24, 2.45) is 11.8 Å². The molecule has 1 heterocycles. The third-order valence-corrected chi connectivity index (χ3v) is 5.03. The fourth-order valence-electron chi connectivity index (χ4n) is 3.85. The highest BCUT2D eigenvalue weighted by molar-refractivity contribution is 6.22. The molecule has 2 amide bonds.